The molecule has 0 spiro atoms. The van der Waals surface area contributed by atoms with Gasteiger partial charge in [-0.1, -0.05) is 17.7 Å². The molecular weight excluding hydrogens is 191 g/mol. The molecule has 1 heterocycles. The molecule has 13 heavy (non-hydrogen) atoms. The zero-order chi connectivity index (χ0) is 9.26. The van der Waals surface area contributed by atoms with Crippen molar-refractivity contribution in [3.8, 4) is 0 Å². The van der Waals surface area contributed by atoms with Gasteiger partial charge in [0.2, 0.25) is 0 Å². The van der Waals surface area contributed by atoms with Crippen LogP contribution in [0, 0.1) is 12.2 Å². The van der Waals surface area contributed by atoms with Gasteiger partial charge in [-0.05, 0) is 30.5 Å². The lowest BCUT2D eigenvalue weighted by Crippen LogP contribution is -1.96. The van der Waals surface area contributed by atoms with Gasteiger partial charge >= 0.3 is 0 Å². The molecule has 1 aliphatic heterocycles. The largest absolute Gasteiger partial charge is 0.373 e. The summed E-state index contributed by atoms with van der Waals surface area (Å²) in [6.45, 7) is 0.717. The summed E-state index contributed by atoms with van der Waals surface area (Å²) in [5, 5.41) is 0.154. The maximum absolute atomic E-state index is 13.0. The van der Waals surface area contributed by atoms with Crippen LogP contribution in [0.3, 0.4) is 0 Å². The molecule has 1 aliphatic rings. The van der Waals surface area contributed by atoms with Gasteiger partial charge < -0.3 is 4.74 Å². The van der Waals surface area contributed by atoms with E-state index in [1.807, 2.05) is 6.42 Å². The molecule has 1 fully saturated rings. The molecule has 0 aliphatic carbocycles. The van der Waals surface area contributed by atoms with Crippen LogP contribution < -0.4 is 0 Å². The lowest BCUT2D eigenvalue weighted by atomic mass is 10.1. The van der Waals surface area contributed by atoms with Gasteiger partial charge in [0.05, 0.1) is 11.1 Å². The van der Waals surface area contributed by atoms with E-state index in [-0.39, 0.29) is 16.9 Å². The van der Waals surface area contributed by atoms with Crippen LogP contribution in [0.25, 0.3) is 0 Å². The predicted molar refractivity (Wildman–Crippen MR) is 49.0 cm³/mol. The molecule has 0 amide bonds. The smallest absolute Gasteiger partial charge is 0.142 e. The third-order valence-electron chi connectivity index (χ3n) is 2.07. The first-order valence-corrected chi connectivity index (χ1v) is 4.55. The van der Waals surface area contributed by atoms with E-state index in [0.717, 1.165) is 18.6 Å². The van der Waals surface area contributed by atoms with E-state index in [9.17, 15) is 4.39 Å². The van der Waals surface area contributed by atoms with Gasteiger partial charge in [0.25, 0.3) is 0 Å². The van der Waals surface area contributed by atoms with E-state index in [0.29, 0.717) is 0 Å². The van der Waals surface area contributed by atoms with Gasteiger partial charge in [-0.15, -0.1) is 0 Å². The molecule has 1 unspecified atom stereocenters. The van der Waals surface area contributed by atoms with Crippen LogP contribution in [0.15, 0.2) is 18.2 Å². The summed E-state index contributed by atoms with van der Waals surface area (Å²) in [5.41, 5.74) is 0.833. The van der Waals surface area contributed by atoms with Crippen molar-refractivity contribution in [3.05, 3.63) is 41.0 Å². The Kier molecular flexibility index (Phi) is 2.51. The minimum atomic E-state index is -0.386. The van der Waals surface area contributed by atoms with Crippen molar-refractivity contribution >= 4 is 11.6 Å². The fraction of sp³-hybridized carbons (Fsp3) is 0.300. The summed E-state index contributed by atoms with van der Waals surface area (Å²) >= 11 is 5.56. The number of benzene rings is 1. The monoisotopic (exact) mass is 199 g/mol. The molecule has 0 saturated carbocycles. The Morgan fingerprint density at radius 1 is 1.46 bits per heavy atom. The molecular formula is C10H9ClFO. The SMILES string of the molecule is Fc1cc(C2[CH]CCO2)ccc1Cl. The van der Waals surface area contributed by atoms with Crippen molar-refractivity contribution in [1.29, 1.82) is 0 Å². The van der Waals surface area contributed by atoms with E-state index < -0.39 is 0 Å². The quantitative estimate of drug-likeness (QED) is 0.675. The molecule has 1 atom stereocenters. The highest BCUT2D eigenvalue weighted by Crippen LogP contribution is 2.29. The van der Waals surface area contributed by atoms with E-state index in [2.05, 4.69) is 0 Å². The zero-order valence-corrected chi connectivity index (χ0v) is 7.72. The minimum Gasteiger partial charge on any atom is -0.373 e. The molecule has 0 N–H and O–H groups in total. The highest BCUT2D eigenvalue weighted by molar-refractivity contribution is 6.30. The lowest BCUT2D eigenvalue weighted by molar-refractivity contribution is 0.124. The highest BCUT2D eigenvalue weighted by Gasteiger charge is 2.18. The molecule has 2 rings (SSSR count). The predicted octanol–water partition coefficient (Wildman–Crippen LogP) is 3.14. The van der Waals surface area contributed by atoms with Crippen molar-refractivity contribution in [2.45, 2.75) is 12.5 Å². The second-order valence-corrected chi connectivity index (χ2v) is 3.40. The second-order valence-electron chi connectivity index (χ2n) is 2.99. The summed E-state index contributed by atoms with van der Waals surface area (Å²) in [5.74, 6) is -0.386. The molecule has 0 bridgehead atoms. The molecule has 69 valence electrons. The Labute approximate surface area is 81.5 Å². The number of halogens is 2. The standard InChI is InChI=1S/C10H9ClFO/c11-8-4-3-7(6-9(8)12)10-2-1-5-13-10/h2-4,6,10H,1,5H2. The Hall–Kier alpha value is -0.600. The number of ether oxygens (including phenoxy) is 1. The van der Waals surface area contributed by atoms with Gasteiger partial charge in [0.1, 0.15) is 5.82 Å². The lowest BCUT2D eigenvalue weighted by Gasteiger charge is -2.09. The molecule has 1 saturated heterocycles. The third-order valence-corrected chi connectivity index (χ3v) is 2.37. The van der Waals surface area contributed by atoms with Gasteiger partial charge in [-0.25, -0.2) is 4.39 Å². The fourth-order valence-corrected chi connectivity index (χ4v) is 1.52. The first-order chi connectivity index (χ1) is 6.27. The van der Waals surface area contributed by atoms with Gasteiger partial charge in [-0.3, -0.25) is 0 Å². The summed E-state index contributed by atoms with van der Waals surface area (Å²) in [4.78, 5) is 0. The number of hydrogen-bond acceptors (Lipinski definition) is 1. The molecule has 1 aromatic carbocycles. The van der Waals surface area contributed by atoms with Gasteiger partial charge in [-0.2, -0.15) is 0 Å². The van der Waals surface area contributed by atoms with E-state index >= 15 is 0 Å². The molecule has 1 radical (unpaired) electrons. The van der Waals surface area contributed by atoms with E-state index in [1.165, 1.54) is 6.07 Å². The maximum atomic E-state index is 13.0. The number of rotatable bonds is 1. The van der Waals surface area contributed by atoms with Crippen molar-refractivity contribution < 1.29 is 9.13 Å². The topological polar surface area (TPSA) is 9.23 Å². The third kappa shape index (κ3) is 1.84. The zero-order valence-electron chi connectivity index (χ0n) is 6.97. The Bertz CT molecular complexity index is 308. The second kappa shape index (κ2) is 3.64. The average Bonchev–Trinajstić information content (AvgIpc) is 2.62. The van der Waals surface area contributed by atoms with Gasteiger partial charge in [0.15, 0.2) is 0 Å². The summed E-state index contributed by atoms with van der Waals surface area (Å²) in [7, 11) is 0. The van der Waals surface area contributed by atoms with Crippen LogP contribution in [0.1, 0.15) is 18.1 Å². The highest BCUT2D eigenvalue weighted by atomic mass is 35.5. The van der Waals surface area contributed by atoms with Crippen LogP contribution in [-0.2, 0) is 4.74 Å². The summed E-state index contributed by atoms with van der Waals surface area (Å²) in [6, 6.07) is 4.77. The van der Waals surface area contributed by atoms with Crippen molar-refractivity contribution in [1.82, 2.24) is 0 Å². The Balaban J connectivity index is 2.25. The first-order valence-electron chi connectivity index (χ1n) is 4.17. The summed E-state index contributed by atoms with van der Waals surface area (Å²) < 4.78 is 18.4. The van der Waals surface area contributed by atoms with Crippen LogP contribution in [-0.4, -0.2) is 6.61 Å². The number of hydrogen-bond donors (Lipinski definition) is 0. The Morgan fingerprint density at radius 2 is 2.31 bits per heavy atom. The van der Waals surface area contributed by atoms with Crippen molar-refractivity contribution in [3.63, 3.8) is 0 Å². The van der Waals surface area contributed by atoms with Crippen LogP contribution in [0.4, 0.5) is 4.39 Å². The molecule has 3 heteroatoms. The minimum absolute atomic E-state index is 0.0632. The van der Waals surface area contributed by atoms with E-state index in [1.54, 1.807) is 12.1 Å². The maximum Gasteiger partial charge on any atom is 0.142 e. The normalized spacial score (nSPS) is 22.2. The summed E-state index contributed by atoms with van der Waals surface area (Å²) in [6.07, 6.45) is 2.89. The van der Waals surface area contributed by atoms with Crippen LogP contribution >= 0.6 is 11.6 Å². The van der Waals surface area contributed by atoms with Crippen LogP contribution in [0.2, 0.25) is 5.02 Å². The van der Waals surface area contributed by atoms with E-state index in [4.69, 9.17) is 16.3 Å². The van der Waals surface area contributed by atoms with Gasteiger partial charge in [0, 0.05) is 6.61 Å². The van der Waals surface area contributed by atoms with Crippen molar-refractivity contribution in [2.24, 2.45) is 0 Å². The molecule has 0 aromatic heterocycles. The fourth-order valence-electron chi connectivity index (χ4n) is 1.40. The molecule has 1 nitrogen and oxygen atoms in total. The average molecular weight is 200 g/mol. The Morgan fingerprint density at radius 3 is 2.92 bits per heavy atom. The molecule has 1 aromatic rings. The van der Waals surface area contributed by atoms with Crippen LogP contribution in [0.5, 0.6) is 0 Å². The van der Waals surface area contributed by atoms with Crippen molar-refractivity contribution in [2.75, 3.05) is 6.61 Å². The first kappa shape index (κ1) is 8.97.